The summed E-state index contributed by atoms with van der Waals surface area (Å²) in [4.78, 5) is 22.8. The Balaban J connectivity index is 1.58. The van der Waals surface area contributed by atoms with Crippen LogP contribution in [0.5, 0.6) is 0 Å². The number of anilines is 1. The molecule has 6 nitrogen and oxygen atoms in total. The lowest BCUT2D eigenvalue weighted by molar-refractivity contribution is 0.243. The molecule has 6 heteroatoms. The highest BCUT2D eigenvalue weighted by Gasteiger charge is 2.33. The maximum absolute atomic E-state index is 12.1. The number of amides is 2. The molecule has 0 saturated carbocycles. The summed E-state index contributed by atoms with van der Waals surface area (Å²) in [6.45, 7) is 3.60. The van der Waals surface area contributed by atoms with Gasteiger partial charge >= 0.3 is 6.03 Å². The van der Waals surface area contributed by atoms with Crippen LogP contribution in [0.25, 0.3) is 0 Å². The Hall–Kier alpha value is -2.47. The fraction of sp³-hybridized carbons (Fsp3) is 0.389. The lowest BCUT2D eigenvalue weighted by Crippen LogP contribution is -2.35. The van der Waals surface area contributed by atoms with Crippen LogP contribution in [0.15, 0.2) is 43.0 Å². The van der Waals surface area contributed by atoms with E-state index in [2.05, 4.69) is 38.6 Å². The Morgan fingerprint density at radius 2 is 2.21 bits per heavy atom. The van der Waals surface area contributed by atoms with Gasteiger partial charge in [0.05, 0.1) is 11.9 Å². The van der Waals surface area contributed by atoms with Crippen molar-refractivity contribution in [1.29, 1.82) is 0 Å². The summed E-state index contributed by atoms with van der Waals surface area (Å²) in [5, 5.41) is 5.82. The molecule has 0 aliphatic carbocycles. The number of carbonyl (C=O) groups excluding carboxylic acids is 1. The van der Waals surface area contributed by atoms with Crippen LogP contribution in [0.2, 0.25) is 0 Å². The summed E-state index contributed by atoms with van der Waals surface area (Å²) >= 11 is 0. The zero-order chi connectivity index (χ0) is 16.9. The summed E-state index contributed by atoms with van der Waals surface area (Å²) in [6, 6.07) is 6.06. The first-order valence-corrected chi connectivity index (χ1v) is 8.20. The van der Waals surface area contributed by atoms with Gasteiger partial charge < -0.3 is 10.6 Å². The minimum atomic E-state index is -0.193. The predicted octanol–water partition coefficient (Wildman–Crippen LogP) is 2.60. The summed E-state index contributed by atoms with van der Waals surface area (Å²) < 4.78 is 0. The standard InChI is InChI=1S/C18H23N5O/c1-13-8-16(12-20-9-13)22-18(24)21-11-15-5-7-23(2)17(15)14-4-3-6-19-10-14/h3-4,6,8-10,12,15,17H,5,7,11H2,1-2H3,(H2,21,22,24)/t15-,17-/m0/s1. The van der Waals surface area contributed by atoms with Gasteiger partial charge in [0.1, 0.15) is 0 Å². The summed E-state index contributed by atoms with van der Waals surface area (Å²) in [6.07, 6.45) is 8.17. The van der Waals surface area contributed by atoms with E-state index < -0.39 is 0 Å². The molecule has 2 aromatic rings. The van der Waals surface area contributed by atoms with Crippen LogP contribution in [-0.4, -0.2) is 41.0 Å². The molecule has 1 fully saturated rings. The van der Waals surface area contributed by atoms with Crippen molar-refractivity contribution >= 4 is 11.7 Å². The number of nitrogens with one attached hydrogen (secondary N) is 2. The van der Waals surface area contributed by atoms with Crippen LogP contribution in [0.1, 0.15) is 23.6 Å². The lowest BCUT2D eigenvalue weighted by atomic mass is 9.95. The molecule has 3 rings (SSSR count). The van der Waals surface area contributed by atoms with E-state index in [1.54, 1.807) is 18.6 Å². The minimum absolute atomic E-state index is 0.193. The maximum atomic E-state index is 12.1. The molecule has 3 heterocycles. The molecule has 0 aromatic carbocycles. The van der Waals surface area contributed by atoms with E-state index in [-0.39, 0.29) is 6.03 Å². The zero-order valence-corrected chi connectivity index (χ0v) is 14.1. The van der Waals surface area contributed by atoms with Crippen molar-refractivity contribution in [2.24, 2.45) is 5.92 Å². The fourth-order valence-electron chi connectivity index (χ4n) is 3.34. The zero-order valence-electron chi connectivity index (χ0n) is 14.1. The monoisotopic (exact) mass is 325 g/mol. The second-order valence-corrected chi connectivity index (χ2v) is 6.35. The molecule has 1 aliphatic rings. The lowest BCUT2D eigenvalue weighted by Gasteiger charge is -2.25. The number of urea groups is 1. The first-order valence-electron chi connectivity index (χ1n) is 8.20. The summed E-state index contributed by atoms with van der Waals surface area (Å²) in [7, 11) is 2.12. The highest BCUT2D eigenvalue weighted by molar-refractivity contribution is 5.89. The maximum Gasteiger partial charge on any atom is 0.319 e. The number of hydrogen-bond acceptors (Lipinski definition) is 4. The van der Waals surface area contributed by atoms with Crippen LogP contribution >= 0.6 is 0 Å². The fourth-order valence-corrected chi connectivity index (χ4v) is 3.34. The highest BCUT2D eigenvalue weighted by atomic mass is 16.2. The SMILES string of the molecule is Cc1cncc(NC(=O)NC[C@@H]2CCN(C)[C@H]2c2cccnc2)c1. The number of likely N-dealkylation sites (tertiary alicyclic amines) is 1. The first-order chi connectivity index (χ1) is 11.6. The molecule has 24 heavy (non-hydrogen) atoms. The number of aromatic nitrogens is 2. The molecular weight excluding hydrogens is 302 g/mol. The Labute approximate surface area is 142 Å². The van der Waals surface area contributed by atoms with Crippen LogP contribution in [0, 0.1) is 12.8 Å². The van der Waals surface area contributed by atoms with Crippen LogP contribution < -0.4 is 10.6 Å². The molecule has 0 spiro atoms. The van der Waals surface area contributed by atoms with Crippen molar-refractivity contribution in [3.05, 3.63) is 54.1 Å². The van der Waals surface area contributed by atoms with Gasteiger partial charge in [-0.15, -0.1) is 0 Å². The van der Waals surface area contributed by atoms with Gasteiger partial charge in [0.25, 0.3) is 0 Å². The third-order valence-corrected chi connectivity index (χ3v) is 4.46. The normalized spacial score (nSPS) is 20.8. The average molecular weight is 325 g/mol. The number of aryl methyl sites for hydroxylation is 1. The molecule has 1 saturated heterocycles. The van der Waals surface area contributed by atoms with Crippen LogP contribution in [0.4, 0.5) is 10.5 Å². The molecule has 126 valence electrons. The van der Waals surface area contributed by atoms with Gasteiger partial charge in [-0.25, -0.2) is 4.79 Å². The van der Waals surface area contributed by atoms with E-state index in [0.717, 1.165) is 18.5 Å². The predicted molar refractivity (Wildman–Crippen MR) is 93.7 cm³/mol. The van der Waals surface area contributed by atoms with Gasteiger partial charge in [-0.05, 0) is 56.1 Å². The van der Waals surface area contributed by atoms with Gasteiger partial charge in [-0.3, -0.25) is 14.9 Å². The van der Waals surface area contributed by atoms with E-state index in [1.165, 1.54) is 5.56 Å². The van der Waals surface area contributed by atoms with E-state index in [9.17, 15) is 4.79 Å². The molecule has 0 unspecified atom stereocenters. The molecular formula is C18H23N5O. The van der Waals surface area contributed by atoms with E-state index in [0.29, 0.717) is 24.2 Å². The number of hydrogen-bond donors (Lipinski definition) is 2. The van der Waals surface area contributed by atoms with E-state index in [1.807, 2.05) is 25.3 Å². The third-order valence-electron chi connectivity index (χ3n) is 4.46. The molecule has 0 radical (unpaired) electrons. The van der Waals surface area contributed by atoms with Gasteiger partial charge in [0.2, 0.25) is 0 Å². The van der Waals surface area contributed by atoms with Crippen molar-refractivity contribution in [3.8, 4) is 0 Å². The van der Waals surface area contributed by atoms with Crippen LogP contribution in [0.3, 0.4) is 0 Å². The smallest absolute Gasteiger partial charge is 0.319 e. The number of rotatable bonds is 4. The minimum Gasteiger partial charge on any atom is -0.338 e. The largest absolute Gasteiger partial charge is 0.338 e. The number of nitrogens with zero attached hydrogens (tertiary/aromatic N) is 3. The van der Waals surface area contributed by atoms with Gasteiger partial charge in [0, 0.05) is 31.2 Å². The Kier molecular flexibility index (Phi) is 5.05. The first kappa shape index (κ1) is 16.4. The van der Waals surface area contributed by atoms with Gasteiger partial charge in [-0.2, -0.15) is 0 Å². The van der Waals surface area contributed by atoms with E-state index >= 15 is 0 Å². The van der Waals surface area contributed by atoms with Crippen molar-refractivity contribution in [3.63, 3.8) is 0 Å². The number of pyridine rings is 2. The van der Waals surface area contributed by atoms with Crippen molar-refractivity contribution < 1.29 is 4.79 Å². The average Bonchev–Trinajstić information content (AvgIpc) is 2.94. The van der Waals surface area contributed by atoms with Crippen molar-refractivity contribution in [2.45, 2.75) is 19.4 Å². The van der Waals surface area contributed by atoms with Crippen LogP contribution in [-0.2, 0) is 0 Å². The second kappa shape index (κ2) is 7.40. The van der Waals surface area contributed by atoms with E-state index in [4.69, 9.17) is 0 Å². The van der Waals surface area contributed by atoms with Gasteiger partial charge in [0.15, 0.2) is 0 Å². The second-order valence-electron chi connectivity index (χ2n) is 6.35. The molecule has 2 aromatic heterocycles. The van der Waals surface area contributed by atoms with Crippen molar-refractivity contribution in [1.82, 2.24) is 20.2 Å². The quantitative estimate of drug-likeness (QED) is 0.906. The Bertz CT molecular complexity index is 691. The molecule has 2 atom stereocenters. The Morgan fingerprint density at radius 1 is 1.33 bits per heavy atom. The molecule has 2 N–H and O–H groups in total. The highest BCUT2D eigenvalue weighted by Crippen LogP contribution is 2.35. The molecule has 1 aliphatic heterocycles. The topological polar surface area (TPSA) is 70.2 Å². The Morgan fingerprint density at radius 3 is 2.96 bits per heavy atom. The molecule has 0 bridgehead atoms. The third kappa shape index (κ3) is 3.89. The van der Waals surface area contributed by atoms with Gasteiger partial charge in [-0.1, -0.05) is 6.07 Å². The molecule has 2 amide bonds. The summed E-state index contributed by atoms with van der Waals surface area (Å²) in [5.41, 5.74) is 2.93. The van der Waals surface area contributed by atoms with Crippen molar-refractivity contribution in [2.75, 3.05) is 25.5 Å². The summed E-state index contributed by atoms with van der Waals surface area (Å²) in [5.74, 6) is 0.376. The number of carbonyl (C=O) groups is 1.